The Labute approximate surface area is 238 Å². The van der Waals surface area contributed by atoms with Gasteiger partial charge in [0.15, 0.2) is 9.84 Å². The molecule has 0 bridgehead atoms. The fraction of sp³-hybridized carbons (Fsp3) is 0.517. The molecule has 0 radical (unpaired) electrons. The van der Waals surface area contributed by atoms with Crippen LogP contribution in [0, 0.1) is 5.92 Å². The quantitative estimate of drug-likeness (QED) is 0.466. The fourth-order valence-electron chi connectivity index (χ4n) is 5.85. The van der Waals surface area contributed by atoms with E-state index in [4.69, 9.17) is 0 Å². The van der Waals surface area contributed by atoms with Crippen LogP contribution >= 0.6 is 0 Å². The largest absolute Gasteiger partial charge is 0.573 e. The number of nitrogens with one attached hydrogen (secondary N) is 1. The van der Waals surface area contributed by atoms with Gasteiger partial charge in [-0.15, -0.1) is 13.2 Å². The maximum Gasteiger partial charge on any atom is 0.573 e. The van der Waals surface area contributed by atoms with Gasteiger partial charge < -0.3 is 19.9 Å². The van der Waals surface area contributed by atoms with Crippen LogP contribution in [0.15, 0.2) is 59.5 Å². The van der Waals surface area contributed by atoms with Gasteiger partial charge in [0.1, 0.15) is 11.8 Å². The number of halogens is 3. The van der Waals surface area contributed by atoms with Crippen LogP contribution in [0.1, 0.15) is 49.9 Å². The van der Waals surface area contributed by atoms with Crippen LogP contribution in [0.25, 0.3) is 0 Å². The molecule has 2 amide bonds. The van der Waals surface area contributed by atoms with E-state index in [2.05, 4.69) is 28.8 Å². The van der Waals surface area contributed by atoms with Crippen LogP contribution in [-0.2, 0) is 14.6 Å². The Bertz CT molecular complexity index is 1340. The zero-order valence-electron chi connectivity index (χ0n) is 23.3. The van der Waals surface area contributed by atoms with Crippen molar-refractivity contribution in [2.45, 2.75) is 75.0 Å². The molecule has 0 unspecified atom stereocenters. The van der Waals surface area contributed by atoms with E-state index in [1.54, 1.807) is 35.2 Å². The highest BCUT2D eigenvalue weighted by Gasteiger charge is 2.44. The van der Waals surface area contributed by atoms with Crippen molar-refractivity contribution in [1.29, 1.82) is 0 Å². The Morgan fingerprint density at radius 2 is 1.80 bits per heavy atom. The molecule has 1 N–H and O–H groups in total. The fourth-order valence-corrected chi connectivity index (χ4v) is 7.54. The molecule has 2 aromatic rings. The Hall–Kier alpha value is -3.12. The number of benzene rings is 2. The lowest BCUT2D eigenvalue weighted by atomic mass is 9.81. The maximum absolute atomic E-state index is 13.5. The second kappa shape index (κ2) is 12.4. The van der Waals surface area contributed by atoms with Gasteiger partial charge in [0.05, 0.1) is 10.6 Å². The van der Waals surface area contributed by atoms with E-state index < -0.39 is 33.9 Å². The molecule has 1 saturated heterocycles. The lowest BCUT2D eigenvalue weighted by molar-refractivity contribution is -0.274. The molecular weight excluding hydrogens is 559 g/mol. The average molecular weight is 596 g/mol. The average Bonchev–Trinajstić information content (AvgIpc) is 3.27. The van der Waals surface area contributed by atoms with Crippen molar-refractivity contribution >= 4 is 21.7 Å². The van der Waals surface area contributed by atoms with Crippen molar-refractivity contribution < 1.29 is 35.9 Å². The highest BCUT2D eigenvalue weighted by molar-refractivity contribution is 7.91. The molecule has 0 aromatic heterocycles. The minimum atomic E-state index is -4.90. The van der Waals surface area contributed by atoms with Gasteiger partial charge in [-0.25, -0.2) is 8.42 Å². The molecule has 4 atom stereocenters. The van der Waals surface area contributed by atoms with E-state index in [1.165, 1.54) is 12.1 Å². The minimum Gasteiger partial charge on any atom is -0.406 e. The summed E-state index contributed by atoms with van der Waals surface area (Å²) in [5, 5.41) is 2.64. The highest BCUT2D eigenvalue weighted by atomic mass is 32.2. The molecule has 1 saturated carbocycles. The number of carbonyl (C=O) groups is 2. The number of carbonyl (C=O) groups excluding carboxylic acids is 2. The van der Waals surface area contributed by atoms with Crippen molar-refractivity contribution in [3.63, 3.8) is 0 Å². The third-order valence-corrected chi connectivity index (χ3v) is 9.97. The lowest BCUT2D eigenvalue weighted by Crippen LogP contribution is -2.53. The van der Waals surface area contributed by atoms with Gasteiger partial charge >= 0.3 is 6.36 Å². The standard InChI is InChI=1S/C29H36F3N3O5S/c1-19(2)34(3)22-12-13-26(21(16-22)18-41(38,39)24-10-5-4-6-11-24)35-15-14-25(28(35)37)33-27(36)20-8-7-9-23(17-20)40-29(30,31)32/h4-11,17,19,21-22,25-26H,12-16,18H2,1-3H3,(H,33,36)/t21-,22+,25-,26-/m0/s1. The summed E-state index contributed by atoms with van der Waals surface area (Å²) in [5.74, 6) is -1.95. The van der Waals surface area contributed by atoms with Gasteiger partial charge in [-0.3, -0.25) is 9.59 Å². The lowest BCUT2D eigenvalue weighted by Gasteiger charge is -2.44. The smallest absolute Gasteiger partial charge is 0.406 e. The van der Waals surface area contributed by atoms with Gasteiger partial charge in [-0.2, -0.15) is 0 Å². The second-order valence-corrected chi connectivity index (χ2v) is 13.1. The Morgan fingerprint density at radius 3 is 2.46 bits per heavy atom. The summed E-state index contributed by atoms with van der Waals surface area (Å²) in [5.41, 5.74) is -0.0675. The van der Waals surface area contributed by atoms with Crippen molar-refractivity contribution in [2.75, 3.05) is 19.3 Å². The van der Waals surface area contributed by atoms with Crippen LogP contribution in [0.2, 0.25) is 0 Å². The topological polar surface area (TPSA) is 96.0 Å². The Morgan fingerprint density at radius 1 is 1.10 bits per heavy atom. The molecule has 2 aromatic carbocycles. The van der Waals surface area contributed by atoms with Gasteiger partial charge in [-0.05, 0) is 82.8 Å². The summed E-state index contributed by atoms with van der Waals surface area (Å²) in [7, 11) is -1.59. The van der Waals surface area contributed by atoms with E-state index in [-0.39, 0.29) is 46.2 Å². The predicted octanol–water partition coefficient (Wildman–Crippen LogP) is 4.27. The number of nitrogens with zero attached hydrogens (tertiary/aromatic N) is 2. The molecule has 1 heterocycles. The van der Waals surface area contributed by atoms with E-state index in [9.17, 15) is 31.2 Å². The molecule has 41 heavy (non-hydrogen) atoms. The zero-order valence-corrected chi connectivity index (χ0v) is 24.1. The first-order chi connectivity index (χ1) is 19.2. The highest BCUT2D eigenvalue weighted by Crippen LogP contribution is 2.36. The molecule has 12 heteroatoms. The van der Waals surface area contributed by atoms with Crippen molar-refractivity contribution in [1.82, 2.24) is 15.1 Å². The van der Waals surface area contributed by atoms with Crippen LogP contribution < -0.4 is 10.1 Å². The first-order valence-corrected chi connectivity index (χ1v) is 15.4. The third-order valence-electron chi connectivity index (χ3n) is 8.12. The summed E-state index contributed by atoms with van der Waals surface area (Å²) in [4.78, 5) is 30.5. The third kappa shape index (κ3) is 7.59. The number of alkyl halides is 3. The van der Waals surface area contributed by atoms with E-state index in [0.29, 0.717) is 25.8 Å². The number of sulfone groups is 1. The number of likely N-dealkylation sites (tertiary alicyclic amines) is 1. The van der Waals surface area contributed by atoms with Crippen LogP contribution in [0.3, 0.4) is 0 Å². The van der Waals surface area contributed by atoms with E-state index in [1.807, 2.05) is 7.05 Å². The summed E-state index contributed by atoms with van der Waals surface area (Å²) in [6.45, 7) is 4.52. The number of rotatable bonds is 9. The normalized spacial score (nSPS) is 23.7. The molecule has 2 fully saturated rings. The van der Waals surface area contributed by atoms with Crippen molar-refractivity contribution in [3.8, 4) is 5.75 Å². The summed E-state index contributed by atoms with van der Waals surface area (Å²) >= 11 is 0. The predicted molar refractivity (Wildman–Crippen MR) is 147 cm³/mol. The Balaban J connectivity index is 1.49. The summed E-state index contributed by atoms with van der Waals surface area (Å²) < 4.78 is 68.4. The van der Waals surface area contributed by atoms with Crippen molar-refractivity contribution in [3.05, 3.63) is 60.2 Å². The Kier molecular flexibility index (Phi) is 9.32. The van der Waals surface area contributed by atoms with E-state index >= 15 is 0 Å². The van der Waals surface area contributed by atoms with Gasteiger partial charge in [0.25, 0.3) is 5.91 Å². The summed E-state index contributed by atoms with van der Waals surface area (Å²) in [6.07, 6.45) is -2.55. The molecule has 2 aliphatic rings. The molecular formula is C29H36F3N3O5S. The van der Waals surface area contributed by atoms with Crippen LogP contribution in [0.4, 0.5) is 13.2 Å². The molecule has 224 valence electrons. The number of ether oxygens (including phenoxy) is 1. The van der Waals surface area contributed by atoms with E-state index in [0.717, 1.165) is 18.6 Å². The van der Waals surface area contributed by atoms with Gasteiger partial charge in [-0.1, -0.05) is 24.3 Å². The zero-order chi connectivity index (χ0) is 29.9. The molecule has 0 spiro atoms. The monoisotopic (exact) mass is 595 g/mol. The van der Waals surface area contributed by atoms with Crippen LogP contribution in [-0.4, -0.2) is 79.9 Å². The molecule has 4 rings (SSSR count). The first kappa shape index (κ1) is 30.8. The van der Waals surface area contributed by atoms with Gasteiger partial charge in [0.2, 0.25) is 5.91 Å². The second-order valence-electron chi connectivity index (χ2n) is 11.1. The molecule has 8 nitrogen and oxygen atoms in total. The molecule has 1 aliphatic heterocycles. The summed E-state index contributed by atoms with van der Waals surface area (Å²) in [6, 6.07) is 12.2. The number of hydrogen-bond acceptors (Lipinski definition) is 6. The maximum atomic E-state index is 13.5. The minimum absolute atomic E-state index is 0.0675. The van der Waals surface area contributed by atoms with Crippen molar-refractivity contribution in [2.24, 2.45) is 5.92 Å². The van der Waals surface area contributed by atoms with Gasteiger partial charge in [0, 0.05) is 30.2 Å². The number of hydrogen-bond donors (Lipinski definition) is 1. The molecule has 1 aliphatic carbocycles. The van der Waals surface area contributed by atoms with Crippen LogP contribution in [0.5, 0.6) is 5.75 Å². The SMILES string of the molecule is CC(C)N(C)[C@@H]1CC[C@H](N2CC[C@H](NC(=O)c3cccc(OC(F)(F)F)c3)C2=O)[C@H](CS(=O)(=O)c2ccccc2)C1. The first-order valence-electron chi connectivity index (χ1n) is 13.7. The number of amides is 2.